The van der Waals surface area contributed by atoms with Gasteiger partial charge in [-0.15, -0.1) is 0 Å². The average molecular weight is 213 g/mol. The molecule has 1 aromatic carbocycles. The van der Waals surface area contributed by atoms with Gasteiger partial charge in [0, 0.05) is 17.6 Å². The number of fused-ring (bicyclic) bond motifs is 1. The first kappa shape index (κ1) is 10.1. The van der Waals surface area contributed by atoms with E-state index in [1.807, 2.05) is 6.07 Å². The number of para-hydroxylation sites is 1. The summed E-state index contributed by atoms with van der Waals surface area (Å²) in [6.07, 6.45) is 1.71. The summed E-state index contributed by atoms with van der Waals surface area (Å²) in [5.74, 6) is 0. The molecule has 2 aromatic rings. The van der Waals surface area contributed by atoms with Crippen molar-refractivity contribution in [1.82, 2.24) is 4.98 Å². The van der Waals surface area contributed by atoms with Gasteiger partial charge in [-0.25, -0.2) is 4.98 Å². The van der Waals surface area contributed by atoms with Crippen LogP contribution in [0.4, 0.5) is 5.69 Å². The molecule has 2 rings (SSSR count). The summed E-state index contributed by atoms with van der Waals surface area (Å²) in [5, 5.41) is 20.1. The normalized spacial score (nSPS) is 9.94. The molecule has 0 radical (unpaired) electrons. The minimum absolute atomic E-state index is 0.0303. The van der Waals surface area contributed by atoms with Gasteiger partial charge >= 0.3 is 0 Å². The summed E-state index contributed by atoms with van der Waals surface area (Å²) < 4.78 is 0. The van der Waals surface area contributed by atoms with Crippen LogP contribution >= 0.6 is 0 Å². The number of nitro benzene ring substituents is 1. The monoisotopic (exact) mass is 213 g/mol. The summed E-state index contributed by atoms with van der Waals surface area (Å²) in [4.78, 5) is 14.3. The van der Waals surface area contributed by atoms with Gasteiger partial charge in [0.25, 0.3) is 5.69 Å². The van der Waals surface area contributed by atoms with E-state index in [1.165, 1.54) is 12.3 Å². The second-order valence-electron chi connectivity index (χ2n) is 3.24. The quantitative estimate of drug-likeness (QED) is 0.565. The third-order valence-corrected chi connectivity index (χ3v) is 2.31. The second kappa shape index (κ2) is 3.95. The van der Waals surface area contributed by atoms with E-state index in [9.17, 15) is 10.1 Å². The first-order chi connectivity index (χ1) is 7.74. The molecular weight excluding hydrogens is 206 g/mol. The molecule has 0 spiro atoms. The lowest BCUT2D eigenvalue weighted by molar-refractivity contribution is -0.383. The number of pyridine rings is 1. The molecule has 16 heavy (non-hydrogen) atoms. The number of hydrogen-bond acceptors (Lipinski definition) is 4. The molecule has 0 amide bonds. The second-order valence-corrected chi connectivity index (χ2v) is 3.24. The largest absolute Gasteiger partial charge is 0.295 e. The molecule has 5 heteroatoms. The molecule has 0 fully saturated rings. The van der Waals surface area contributed by atoms with Crippen LogP contribution in [-0.4, -0.2) is 9.91 Å². The summed E-state index contributed by atoms with van der Waals surface area (Å²) in [7, 11) is 0. The molecule has 0 saturated heterocycles. The van der Waals surface area contributed by atoms with Gasteiger partial charge in [-0.2, -0.15) is 5.26 Å². The number of non-ortho nitro benzene ring substituents is 1. The van der Waals surface area contributed by atoms with Gasteiger partial charge in [0.05, 0.1) is 17.4 Å². The van der Waals surface area contributed by atoms with E-state index >= 15 is 0 Å². The van der Waals surface area contributed by atoms with E-state index in [0.717, 1.165) is 5.56 Å². The van der Waals surface area contributed by atoms with Crippen molar-refractivity contribution in [1.29, 1.82) is 5.26 Å². The fraction of sp³-hybridized carbons (Fsp3) is 0.0909. The van der Waals surface area contributed by atoms with Crippen LogP contribution in [0.2, 0.25) is 0 Å². The van der Waals surface area contributed by atoms with E-state index in [1.54, 1.807) is 18.2 Å². The van der Waals surface area contributed by atoms with Crippen molar-refractivity contribution in [3.05, 3.63) is 46.1 Å². The highest BCUT2D eigenvalue weighted by Crippen LogP contribution is 2.25. The van der Waals surface area contributed by atoms with E-state index in [0.29, 0.717) is 10.9 Å². The number of nitro groups is 1. The fourth-order valence-corrected chi connectivity index (χ4v) is 1.60. The van der Waals surface area contributed by atoms with Crippen molar-refractivity contribution in [3.63, 3.8) is 0 Å². The Labute approximate surface area is 91.1 Å². The Morgan fingerprint density at radius 2 is 2.25 bits per heavy atom. The maximum atomic E-state index is 10.8. The van der Waals surface area contributed by atoms with Gasteiger partial charge in [-0.3, -0.25) is 10.1 Å². The van der Waals surface area contributed by atoms with Crippen molar-refractivity contribution in [2.24, 2.45) is 0 Å². The zero-order valence-corrected chi connectivity index (χ0v) is 8.25. The molecule has 1 heterocycles. The molecule has 0 atom stereocenters. The molecule has 0 N–H and O–H groups in total. The first-order valence-electron chi connectivity index (χ1n) is 4.62. The van der Waals surface area contributed by atoms with Gasteiger partial charge in [-0.05, 0) is 11.6 Å². The van der Waals surface area contributed by atoms with Crippen LogP contribution in [0, 0.1) is 21.4 Å². The Balaban J connectivity index is 2.77. The molecule has 0 unspecified atom stereocenters. The lowest BCUT2D eigenvalue weighted by Gasteiger charge is -2.02. The summed E-state index contributed by atoms with van der Waals surface area (Å²) in [6, 6.07) is 8.48. The van der Waals surface area contributed by atoms with Gasteiger partial charge in [0.2, 0.25) is 0 Å². The molecule has 5 nitrogen and oxygen atoms in total. The van der Waals surface area contributed by atoms with Crippen LogP contribution in [0.5, 0.6) is 0 Å². The Hall–Kier alpha value is -2.48. The van der Waals surface area contributed by atoms with Crippen LogP contribution in [-0.2, 0) is 6.42 Å². The average Bonchev–Trinajstić information content (AvgIpc) is 2.29. The molecule has 1 aromatic heterocycles. The van der Waals surface area contributed by atoms with Crippen LogP contribution < -0.4 is 0 Å². The highest BCUT2D eigenvalue weighted by Gasteiger charge is 2.13. The SMILES string of the molecule is N#CCc1ccnc2c([N+](=O)[O-])cccc12. The maximum Gasteiger partial charge on any atom is 0.295 e. The zero-order chi connectivity index (χ0) is 11.5. The Bertz CT molecular complexity index is 602. The van der Waals surface area contributed by atoms with Crippen LogP contribution in [0.3, 0.4) is 0 Å². The summed E-state index contributed by atoms with van der Waals surface area (Å²) >= 11 is 0. The topological polar surface area (TPSA) is 79.8 Å². The highest BCUT2D eigenvalue weighted by atomic mass is 16.6. The maximum absolute atomic E-state index is 10.8. The molecule has 78 valence electrons. The Morgan fingerprint density at radius 1 is 1.44 bits per heavy atom. The van der Waals surface area contributed by atoms with Crippen molar-refractivity contribution in [2.45, 2.75) is 6.42 Å². The van der Waals surface area contributed by atoms with Crippen LogP contribution in [0.25, 0.3) is 10.9 Å². The predicted octanol–water partition coefficient (Wildman–Crippen LogP) is 2.21. The number of benzene rings is 1. The minimum Gasteiger partial charge on any atom is -0.258 e. The van der Waals surface area contributed by atoms with Crippen LogP contribution in [0.15, 0.2) is 30.5 Å². The molecule has 0 aliphatic heterocycles. The molecule has 0 aliphatic carbocycles. The number of aromatic nitrogens is 1. The molecule has 0 aliphatic rings. The van der Waals surface area contributed by atoms with Gasteiger partial charge in [0.1, 0.15) is 5.52 Å². The van der Waals surface area contributed by atoms with Crippen molar-refractivity contribution in [2.75, 3.05) is 0 Å². The Kier molecular flexibility index (Phi) is 2.48. The number of rotatable bonds is 2. The van der Waals surface area contributed by atoms with E-state index in [2.05, 4.69) is 4.98 Å². The molecule has 0 bridgehead atoms. The van der Waals surface area contributed by atoms with Gasteiger partial charge in [-0.1, -0.05) is 12.1 Å². The van der Waals surface area contributed by atoms with Gasteiger partial charge in [0.15, 0.2) is 0 Å². The predicted molar refractivity (Wildman–Crippen MR) is 57.7 cm³/mol. The highest BCUT2D eigenvalue weighted by molar-refractivity contribution is 5.89. The van der Waals surface area contributed by atoms with E-state index in [4.69, 9.17) is 5.26 Å². The minimum atomic E-state index is -0.467. The van der Waals surface area contributed by atoms with Crippen molar-refractivity contribution in [3.8, 4) is 6.07 Å². The van der Waals surface area contributed by atoms with Gasteiger partial charge < -0.3 is 0 Å². The number of hydrogen-bond donors (Lipinski definition) is 0. The van der Waals surface area contributed by atoms with E-state index in [-0.39, 0.29) is 12.1 Å². The number of nitriles is 1. The number of nitrogens with zero attached hydrogens (tertiary/aromatic N) is 3. The summed E-state index contributed by atoms with van der Waals surface area (Å²) in [6.45, 7) is 0. The lowest BCUT2D eigenvalue weighted by Crippen LogP contribution is -1.93. The first-order valence-corrected chi connectivity index (χ1v) is 4.62. The standard InChI is InChI=1S/C11H7N3O2/c12-6-4-8-5-7-13-11-9(8)2-1-3-10(11)14(15)16/h1-3,5,7H,4H2. The third-order valence-electron chi connectivity index (χ3n) is 2.31. The smallest absolute Gasteiger partial charge is 0.258 e. The fourth-order valence-electron chi connectivity index (χ4n) is 1.60. The third kappa shape index (κ3) is 1.57. The lowest BCUT2D eigenvalue weighted by atomic mass is 10.1. The van der Waals surface area contributed by atoms with Crippen LogP contribution in [0.1, 0.15) is 5.56 Å². The zero-order valence-electron chi connectivity index (χ0n) is 8.25. The molecular formula is C11H7N3O2. The van der Waals surface area contributed by atoms with Crippen molar-refractivity contribution < 1.29 is 4.92 Å². The Morgan fingerprint density at radius 3 is 2.94 bits per heavy atom. The molecule has 0 saturated carbocycles. The van der Waals surface area contributed by atoms with Crippen molar-refractivity contribution >= 4 is 16.6 Å². The van der Waals surface area contributed by atoms with E-state index < -0.39 is 4.92 Å². The summed E-state index contributed by atoms with van der Waals surface area (Å²) in [5.41, 5.74) is 1.06.